The minimum Gasteiger partial charge on any atom is -0.394 e. The van der Waals surface area contributed by atoms with Crippen LogP contribution in [0.5, 0.6) is 0 Å². The normalized spacial score (nSPS) is 52.4. The van der Waals surface area contributed by atoms with E-state index in [0.717, 1.165) is 0 Å². The van der Waals surface area contributed by atoms with Crippen molar-refractivity contribution in [1.29, 1.82) is 0 Å². The molecule has 4 fully saturated rings. The lowest BCUT2D eigenvalue weighted by Crippen LogP contribution is -2.44. The molecule has 0 bridgehead atoms. The molecule has 10 N–H and O–H groups in total. The predicted molar refractivity (Wildman–Crippen MR) is 110 cm³/mol. The molecule has 4 aliphatic heterocycles. The molecule has 4 aliphatic rings. The lowest BCUT2D eigenvalue weighted by molar-refractivity contribution is -0.255. The SMILES string of the molecule is OC[C@H]1O[C@@H](O[C@@H]2[C@@H](OC[C@H]3O[C@H](OC[C@H]4O[C@H](O)[C@@H](O)[C@@H]4O)[C@@H](O)[C@@H]3O)O[C@H](CO)[C@H]2O)[C@@H](O)[C@@H]1O. The molecule has 0 radical (unpaired) electrons. The highest BCUT2D eigenvalue weighted by Gasteiger charge is 2.52. The van der Waals surface area contributed by atoms with Crippen molar-refractivity contribution < 1.29 is 84.2 Å². The third-order valence-electron chi connectivity index (χ3n) is 6.77. The molecule has 0 aliphatic carbocycles. The molecular weight excluding hydrogens is 512 g/mol. The average molecular weight is 546 g/mol. The van der Waals surface area contributed by atoms with Crippen LogP contribution in [0.3, 0.4) is 0 Å². The first kappa shape index (κ1) is 29.3. The molecule has 0 aromatic carbocycles. The summed E-state index contributed by atoms with van der Waals surface area (Å²) in [6, 6.07) is 0. The number of aliphatic hydroxyl groups is 10. The fraction of sp³-hybridized carbons (Fsp3) is 1.00. The highest BCUT2D eigenvalue weighted by molar-refractivity contribution is 4.93. The maximum atomic E-state index is 10.5. The number of rotatable bonds is 10. The van der Waals surface area contributed by atoms with Gasteiger partial charge in [-0.05, 0) is 0 Å². The first-order chi connectivity index (χ1) is 17.6. The summed E-state index contributed by atoms with van der Waals surface area (Å²) >= 11 is 0. The summed E-state index contributed by atoms with van der Waals surface area (Å²) in [7, 11) is 0. The maximum Gasteiger partial charge on any atom is 0.187 e. The second-order valence-electron chi connectivity index (χ2n) is 9.26. The number of hydrogen-bond acceptors (Lipinski definition) is 17. The molecule has 216 valence electrons. The van der Waals surface area contributed by atoms with Gasteiger partial charge in [0, 0.05) is 0 Å². The lowest BCUT2D eigenvalue weighted by Gasteiger charge is -2.26. The van der Waals surface area contributed by atoms with Crippen molar-refractivity contribution in [1.82, 2.24) is 0 Å². The Kier molecular flexibility index (Phi) is 9.69. The first-order valence-electron chi connectivity index (χ1n) is 11.7. The molecule has 17 heteroatoms. The van der Waals surface area contributed by atoms with Crippen LogP contribution in [0, 0.1) is 0 Å². The van der Waals surface area contributed by atoms with Gasteiger partial charge in [0.15, 0.2) is 25.2 Å². The van der Waals surface area contributed by atoms with Crippen LogP contribution in [0.15, 0.2) is 0 Å². The Morgan fingerprint density at radius 1 is 0.459 bits per heavy atom. The Morgan fingerprint density at radius 3 is 1.49 bits per heavy atom. The van der Waals surface area contributed by atoms with E-state index in [4.69, 9.17) is 33.2 Å². The van der Waals surface area contributed by atoms with Gasteiger partial charge in [0.05, 0.1) is 26.4 Å². The van der Waals surface area contributed by atoms with Gasteiger partial charge < -0.3 is 84.2 Å². The fourth-order valence-electron chi connectivity index (χ4n) is 4.50. The van der Waals surface area contributed by atoms with Crippen molar-refractivity contribution in [2.75, 3.05) is 26.4 Å². The summed E-state index contributed by atoms with van der Waals surface area (Å²) in [6.45, 7) is -2.04. The minimum absolute atomic E-state index is 0.395. The summed E-state index contributed by atoms with van der Waals surface area (Å²) in [5.41, 5.74) is 0. The lowest BCUT2D eigenvalue weighted by atomic mass is 10.1. The summed E-state index contributed by atoms with van der Waals surface area (Å²) in [6.07, 6.45) is -22.2. The molecule has 0 saturated carbocycles. The van der Waals surface area contributed by atoms with E-state index in [9.17, 15) is 51.1 Å². The molecule has 4 heterocycles. The molecule has 0 unspecified atom stereocenters. The molecule has 0 aromatic rings. The summed E-state index contributed by atoms with van der Waals surface area (Å²) in [5.74, 6) is 0. The van der Waals surface area contributed by atoms with Crippen molar-refractivity contribution in [2.24, 2.45) is 0 Å². The average Bonchev–Trinajstić information content (AvgIpc) is 3.52. The molecule has 0 spiro atoms. The zero-order valence-corrected chi connectivity index (χ0v) is 19.4. The monoisotopic (exact) mass is 546 g/mol. The number of hydrogen-bond donors (Lipinski definition) is 10. The van der Waals surface area contributed by atoms with E-state index in [1.807, 2.05) is 0 Å². The van der Waals surface area contributed by atoms with E-state index < -0.39 is 125 Å². The molecule has 37 heavy (non-hydrogen) atoms. The Morgan fingerprint density at radius 2 is 0.919 bits per heavy atom. The summed E-state index contributed by atoms with van der Waals surface area (Å²) in [4.78, 5) is 0. The van der Waals surface area contributed by atoms with Crippen LogP contribution < -0.4 is 0 Å². The van der Waals surface area contributed by atoms with Crippen LogP contribution in [0.4, 0.5) is 0 Å². The zero-order chi connectivity index (χ0) is 27.0. The largest absolute Gasteiger partial charge is 0.394 e. The molecule has 4 rings (SSSR count). The van der Waals surface area contributed by atoms with Gasteiger partial charge >= 0.3 is 0 Å². The van der Waals surface area contributed by atoms with E-state index in [1.165, 1.54) is 0 Å². The summed E-state index contributed by atoms with van der Waals surface area (Å²) in [5, 5.41) is 98.6. The Bertz CT molecular complexity index is 731. The third kappa shape index (κ3) is 5.93. The summed E-state index contributed by atoms with van der Waals surface area (Å²) < 4.78 is 37.5. The van der Waals surface area contributed by atoms with E-state index in [-0.39, 0.29) is 0 Å². The van der Waals surface area contributed by atoms with E-state index in [1.54, 1.807) is 0 Å². The van der Waals surface area contributed by atoms with E-state index >= 15 is 0 Å². The Balaban J connectivity index is 1.31. The van der Waals surface area contributed by atoms with Crippen LogP contribution in [0.2, 0.25) is 0 Å². The van der Waals surface area contributed by atoms with Crippen LogP contribution in [-0.4, -0.2) is 176 Å². The molecule has 4 saturated heterocycles. The third-order valence-corrected chi connectivity index (χ3v) is 6.77. The van der Waals surface area contributed by atoms with E-state index in [2.05, 4.69) is 0 Å². The molecular formula is C20H34O17. The smallest absolute Gasteiger partial charge is 0.187 e. The number of aliphatic hydroxyl groups excluding tert-OH is 10. The Labute approximate surface area is 209 Å². The van der Waals surface area contributed by atoms with Crippen LogP contribution in [0.25, 0.3) is 0 Å². The van der Waals surface area contributed by atoms with Crippen molar-refractivity contribution >= 4 is 0 Å². The van der Waals surface area contributed by atoms with Gasteiger partial charge in [-0.3, -0.25) is 0 Å². The van der Waals surface area contributed by atoms with Gasteiger partial charge in [-0.15, -0.1) is 0 Å². The first-order valence-corrected chi connectivity index (χ1v) is 11.7. The molecule has 17 nitrogen and oxygen atoms in total. The quantitative estimate of drug-likeness (QED) is 0.122. The van der Waals surface area contributed by atoms with Gasteiger partial charge in [-0.2, -0.15) is 0 Å². The minimum atomic E-state index is -1.61. The van der Waals surface area contributed by atoms with Crippen LogP contribution >= 0.6 is 0 Å². The molecule has 0 aromatic heterocycles. The zero-order valence-electron chi connectivity index (χ0n) is 19.4. The van der Waals surface area contributed by atoms with Crippen molar-refractivity contribution in [3.05, 3.63) is 0 Å². The van der Waals surface area contributed by atoms with Crippen LogP contribution in [0.1, 0.15) is 0 Å². The van der Waals surface area contributed by atoms with E-state index in [0.29, 0.717) is 0 Å². The van der Waals surface area contributed by atoms with Gasteiger partial charge in [0.25, 0.3) is 0 Å². The van der Waals surface area contributed by atoms with Crippen LogP contribution in [-0.2, 0) is 33.2 Å². The fourth-order valence-corrected chi connectivity index (χ4v) is 4.50. The van der Waals surface area contributed by atoms with Gasteiger partial charge in [-0.1, -0.05) is 0 Å². The van der Waals surface area contributed by atoms with Gasteiger partial charge in [0.1, 0.15) is 73.2 Å². The van der Waals surface area contributed by atoms with Gasteiger partial charge in [0.2, 0.25) is 0 Å². The van der Waals surface area contributed by atoms with Crippen molar-refractivity contribution in [3.8, 4) is 0 Å². The molecule has 0 amide bonds. The highest BCUT2D eigenvalue weighted by atomic mass is 16.8. The van der Waals surface area contributed by atoms with Crippen molar-refractivity contribution in [3.63, 3.8) is 0 Å². The number of ether oxygens (including phenoxy) is 7. The second kappa shape index (κ2) is 12.2. The van der Waals surface area contributed by atoms with Gasteiger partial charge in [-0.25, -0.2) is 0 Å². The molecule has 16 atom stereocenters. The standard InChI is InChI=1S/C20H34O17/c21-1-5-9(23)15(29)19(34-5)37-16-12(26)6(2-22)35-20(16)32-4-8-11(25)14(28)18(36-8)31-3-7-10(24)13(27)17(30)33-7/h5-30H,1-4H2/t5-,6-,7-,8-,9-,10-,11-,12-,13+,14+,15+,16+,17+,18+,19+,20+/m1/s1. The highest BCUT2D eigenvalue weighted by Crippen LogP contribution is 2.32. The second-order valence-corrected chi connectivity index (χ2v) is 9.26. The Hall–Kier alpha value is -0.680. The predicted octanol–water partition coefficient (Wildman–Crippen LogP) is -7.19. The maximum absolute atomic E-state index is 10.5. The topological polar surface area (TPSA) is 267 Å². The van der Waals surface area contributed by atoms with Crippen molar-refractivity contribution in [2.45, 2.75) is 98.4 Å².